The molecule has 0 atom stereocenters. The Morgan fingerprint density at radius 2 is 2.10 bits per heavy atom. The average molecular weight is 282 g/mol. The van der Waals surface area contributed by atoms with Gasteiger partial charge in [-0.2, -0.15) is 5.26 Å². The van der Waals surface area contributed by atoms with Crippen LogP contribution in [-0.2, 0) is 6.54 Å². The Morgan fingerprint density at radius 3 is 2.95 bits per heavy atom. The molecule has 0 fully saturated rings. The van der Waals surface area contributed by atoms with Crippen LogP contribution in [0.1, 0.15) is 17.5 Å². The zero-order valence-corrected chi connectivity index (χ0v) is 11.6. The van der Waals surface area contributed by atoms with Gasteiger partial charge in [0.15, 0.2) is 0 Å². The normalized spacial score (nSPS) is 13.8. The number of halogens is 1. The lowest BCUT2D eigenvalue weighted by Crippen LogP contribution is -2.23. The van der Waals surface area contributed by atoms with Crippen LogP contribution in [0, 0.1) is 17.1 Å². The molecule has 0 N–H and O–H groups in total. The second kappa shape index (κ2) is 5.84. The molecule has 21 heavy (non-hydrogen) atoms. The average Bonchev–Trinajstić information content (AvgIpc) is 2.69. The summed E-state index contributed by atoms with van der Waals surface area (Å²) < 4.78 is 19.3. The number of benzene rings is 2. The second-order valence-electron chi connectivity index (χ2n) is 5.05. The fourth-order valence-corrected chi connectivity index (χ4v) is 2.59. The van der Waals surface area contributed by atoms with Gasteiger partial charge >= 0.3 is 0 Å². The maximum Gasteiger partial charge on any atom is 0.142 e. The highest BCUT2D eigenvalue weighted by molar-refractivity contribution is 5.59. The molecule has 1 heterocycles. The van der Waals surface area contributed by atoms with Crippen LogP contribution in [0.2, 0.25) is 0 Å². The van der Waals surface area contributed by atoms with E-state index in [1.807, 2.05) is 30.3 Å². The zero-order chi connectivity index (χ0) is 14.7. The maximum atomic E-state index is 13.6. The van der Waals surface area contributed by atoms with E-state index >= 15 is 0 Å². The van der Waals surface area contributed by atoms with Crippen LogP contribution in [0.15, 0.2) is 42.5 Å². The fraction of sp³-hybridized carbons (Fsp3) is 0.235. The Balaban J connectivity index is 1.91. The molecule has 1 aliphatic heterocycles. The summed E-state index contributed by atoms with van der Waals surface area (Å²) in [5, 5.41) is 8.94. The van der Waals surface area contributed by atoms with Gasteiger partial charge in [-0.25, -0.2) is 4.39 Å². The Kier molecular flexibility index (Phi) is 3.74. The first-order valence-electron chi connectivity index (χ1n) is 6.92. The van der Waals surface area contributed by atoms with Crippen molar-refractivity contribution in [3.63, 3.8) is 0 Å². The van der Waals surface area contributed by atoms with Crippen LogP contribution in [-0.4, -0.2) is 13.2 Å². The summed E-state index contributed by atoms with van der Waals surface area (Å²) in [4.78, 5) is 2.16. The lowest BCUT2D eigenvalue weighted by molar-refractivity contribution is 0.322. The van der Waals surface area contributed by atoms with Crippen molar-refractivity contribution in [1.29, 1.82) is 5.26 Å². The van der Waals surface area contributed by atoms with E-state index in [2.05, 4.69) is 4.90 Å². The summed E-state index contributed by atoms with van der Waals surface area (Å²) in [6, 6.07) is 14.3. The Bertz CT molecular complexity index is 693. The molecule has 0 aliphatic carbocycles. The SMILES string of the molecule is N#Cc1cc(F)cc(CN2CCCOc3ccccc32)c1. The topological polar surface area (TPSA) is 36.3 Å². The van der Waals surface area contributed by atoms with Gasteiger partial charge in [0.2, 0.25) is 0 Å². The summed E-state index contributed by atoms with van der Waals surface area (Å²) in [5.41, 5.74) is 2.16. The third-order valence-corrected chi connectivity index (χ3v) is 3.50. The van der Waals surface area contributed by atoms with E-state index in [-0.39, 0.29) is 5.82 Å². The molecule has 3 nitrogen and oxygen atoms in total. The first-order chi connectivity index (χ1) is 10.3. The number of hydrogen-bond donors (Lipinski definition) is 0. The summed E-state index contributed by atoms with van der Waals surface area (Å²) in [6.45, 7) is 2.09. The van der Waals surface area contributed by atoms with Gasteiger partial charge in [0.25, 0.3) is 0 Å². The van der Waals surface area contributed by atoms with E-state index in [1.54, 1.807) is 6.07 Å². The van der Waals surface area contributed by atoms with Crippen LogP contribution in [0.25, 0.3) is 0 Å². The predicted octanol–water partition coefficient (Wildman–Crippen LogP) is 3.49. The Hall–Kier alpha value is -2.54. The smallest absolute Gasteiger partial charge is 0.142 e. The monoisotopic (exact) mass is 282 g/mol. The van der Waals surface area contributed by atoms with Gasteiger partial charge in [-0.05, 0) is 42.3 Å². The number of nitrogens with zero attached hydrogens (tertiary/aromatic N) is 2. The van der Waals surface area contributed by atoms with Gasteiger partial charge in [-0.1, -0.05) is 12.1 Å². The van der Waals surface area contributed by atoms with Crippen LogP contribution in [0.3, 0.4) is 0 Å². The highest BCUT2D eigenvalue weighted by Crippen LogP contribution is 2.31. The van der Waals surface area contributed by atoms with E-state index in [0.717, 1.165) is 30.0 Å². The molecule has 0 radical (unpaired) electrons. The molecule has 0 unspecified atom stereocenters. The molecule has 2 aromatic rings. The minimum absolute atomic E-state index is 0.351. The van der Waals surface area contributed by atoms with Gasteiger partial charge < -0.3 is 9.64 Å². The molecule has 0 saturated carbocycles. The fourth-order valence-electron chi connectivity index (χ4n) is 2.59. The molecule has 0 bridgehead atoms. The van der Waals surface area contributed by atoms with E-state index in [0.29, 0.717) is 18.7 Å². The van der Waals surface area contributed by atoms with Crippen molar-refractivity contribution >= 4 is 5.69 Å². The van der Waals surface area contributed by atoms with Crippen molar-refractivity contribution < 1.29 is 9.13 Å². The van der Waals surface area contributed by atoms with Gasteiger partial charge in [0.1, 0.15) is 11.6 Å². The van der Waals surface area contributed by atoms with Crippen molar-refractivity contribution in [3.8, 4) is 11.8 Å². The van der Waals surface area contributed by atoms with E-state index in [9.17, 15) is 4.39 Å². The standard InChI is InChI=1S/C17H15FN2O/c18-15-9-13(11-19)8-14(10-15)12-20-6-3-7-21-17-5-2-1-4-16(17)20/h1-2,4-5,8-10H,3,6-7,12H2. The highest BCUT2D eigenvalue weighted by atomic mass is 19.1. The maximum absolute atomic E-state index is 13.6. The molecule has 0 aromatic heterocycles. The van der Waals surface area contributed by atoms with Crippen LogP contribution in [0.4, 0.5) is 10.1 Å². The van der Waals surface area contributed by atoms with Crippen molar-refractivity contribution in [1.82, 2.24) is 0 Å². The summed E-state index contributed by atoms with van der Waals surface area (Å²) in [5.74, 6) is 0.482. The summed E-state index contributed by atoms with van der Waals surface area (Å²) in [6.07, 6.45) is 0.912. The molecule has 0 spiro atoms. The number of para-hydroxylation sites is 2. The number of fused-ring (bicyclic) bond motifs is 1. The summed E-state index contributed by atoms with van der Waals surface area (Å²) in [7, 11) is 0. The van der Waals surface area contributed by atoms with Crippen LogP contribution < -0.4 is 9.64 Å². The van der Waals surface area contributed by atoms with Crippen LogP contribution >= 0.6 is 0 Å². The molecule has 0 saturated heterocycles. The van der Waals surface area contributed by atoms with Crippen molar-refractivity contribution in [2.24, 2.45) is 0 Å². The third kappa shape index (κ3) is 2.97. The van der Waals surface area contributed by atoms with Crippen molar-refractivity contribution in [3.05, 3.63) is 59.4 Å². The molecule has 4 heteroatoms. The zero-order valence-electron chi connectivity index (χ0n) is 11.6. The summed E-state index contributed by atoms with van der Waals surface area (Å²) >= 11 is 0. The molecular formula is C17H15FN2O. The number of ether oxygens (including phenoxy) is 1. The Labute approximate surface area is 123 Å². The number of nitriles is 1. The molecule has 106 valence electrons. The number of hydrogen-bond acceptors (Lipinski definition) is 3. The first-order valence-corrected chi connectivity index (χ1v) is 6.92. The minimum atomic E-state index is -0.372. The molecule has 2 aromatic carbocycles. The lowest BCUT2D eigenvalue weighted by Gasteiger charge is -2.24. The molecule has 3 rings (SSSR count). The second-order valence-corrected chi connectivity index (χ2v) is 5.05. The quantitative estimate of drug-likeness (QED) is 0.846. The third-order valence-electron chi connectivity index (χ3n) is 3.50. The van der Waals surface area contributed by atoms with Gasteiger partial charge in [0, 0.05) is 13.1 Å². The van der Waals surface area contributed by atoms with E-state index in [1.165, 1.54) is 12.1 Å². The first kappa shape index (κ1) is 13.4. The van der Waals surface area contributed by atoms with Crippen molar-refractivity contribution in [2.75, 3.05) is 18.1 Å². The predicted molar refractivity (Wildman–Crippen MR) is 78.7 cm³/mol. The van der Waals surface area contributed by atoms with E-state index in [4.69, 9.17) is 10.00 Å². The highest BCUT2D eigenvalue weighted by Gasteiger charge is 2.16. The Morgan fingerprint density at radius 1 is 1.24 bits per heavy atom. The number of rotatable bonds is 2. The van der Waals surface area contributed by atoms with Gasteiger partial charge in [-0.15, -0.1) is 0 Å². The van der Waals surface area contributed by atoms with Crippen molar-refractivity contribution in [2.45, 2.75) is 13.0 Å². The van der Waals surface area contributed by atoms with Gasteiger partial charge in [0.05, 0.1) is 23.9 Å². The largest absolute Gasteiger partial charge is 0.491 e. The van der Waals surface area contributed by atoms with Gasteiger partial charge in [-0.3, -0.25) is 0 Å². The van der Waals surface area contributed by atoms with E-state index < -0.39 is 0 Å². The molecular weight excluding hydrogens is 267 g/mol. The minimum Gasteiger partial charge on any atom is -0.491 e. The molecule has 0 amide bonds. The number of anilines is 1. The lowest BCUT2D eigenvalue weighted by atomic mass is 10.1. The molecule has 1 aliphatic rings. The van der Waals surface area contributed by atoms with Crippen LogP contribution in [0.5, 0.6) is 5.75 Å².